The van der Waals surface area contributed by atoms with Gasteiger partial charge in [0.15, 0.2) is 6.61 Å². The summed E-state index contributed by atoms with van der Waals surface area (Å²) in [6.45, 7) is 2.04. The topological polar surface area (TPSA) is 73.2 Å². The number of nitrogens with one attached hydrogen (secondary N) is 1. The summed E-state index contributed by atoms with van der Waals surface area (Å²) < 4.78 is 6.55. The standard InChI is InChI=1S/C21H24ClN3O3/c1-15-17(20(22)25(2)24-15)9-10-19(27)28-13-18(26)23-14-21(11-6-12-21)16-7-4-3-5-8-16/h3-5,7-10H,6,11-14H2,1-2H3,(H,23,26)/b10-9+. The van der Waals surface area contributed by atoms with Crippen LogP contribution in [-0.2, 0) is 26.8 Å². The lowest BCUT2D eigenvalue weighted by atomic mass is 9.64. The zero-order chi connectivity index (χ0) is 20.1. The van der Waals surface area contributed by atoms with E-state index < -0.39 is 5.97 Å². The van der Waals surface area contributed by atoms with E-state index in [-0.39, 0.29) is 17.9 Å². The molecule has 0 unspecified atom stereocenters. The molecule has 148 valence electrons. The van der Waals surface area contributed by atoms with E-state index in [1.165, 1.54) is 16.3 Å². The second-order valence-corrected chi connectivity index (χ2v) is 7.49. The number of esters is 1. The zero-order valence-corrected chi connectivity index (χ0v) is 16.8. The molecule has 1 amide bonds. The van der Waals surface area contributed by atoms with E-state index in [1.807, 2.05) is 18.2 Å². The smallest absolute Gasteiger partial charge is 0.331 e. The molecule has 1 aliphatic rings. The Kier molecular flexibility index (Phi) is 6.19. The maximum atomic E-state index is 12.1. The van der Waals surface area contributed by atoms with Crippen molar-refractivity contribution in [3.8, 4) is 0 Å². The number of amides is 1. The number of rotatable bonds is 7. The number of carbonyl (C=O) groups excluding carboxylic acids is 2. The molecule has 3 rings (SSSR count). The van der Waals surface area contributed by atoms with Crippen LogP contribution in [0.5, 0.6) is 0 Å². The molecule has 6 nitrogen and oxygen atoms in total. The highest BCUT2D eigenvalue weighted by molar-refractivity contribution is 6.31. The van der Waals surface area contributed by atoms with Gasteiger partial charge in [0.1, 0.15) is 5.15 Å². The average molecular weight is 402 g/mol. The summed E-state index contributed by atoms with van der Waals surface area (Å²) in [6.07, 6.45) is 6.04. The zero-order valence-electron chi connectivity index (χ0n) is 16.1. The van der Waals surface area contributed by atoms with E-state index in [0.717, 1.165) is 19.3 Å². The third-order valence-corrected chi connectivity index (χ3v) is 5.70. The Hall–Kier alpha value is -2.60. The number of ether oxygens (including phenoxy) is 1. The Morgan fingerprint density at radius 2 is 2.04 bits per heavy atom. The molecule has 0 bridgehead atoms. The van der Waals surface area contributed by atoms with Crippen molar-refractivity contribution >= 4 is 29.6 Å². The van der Waals surface area contributed by atoms with Gasteiger partial charge in [0, 0.05) is 30.6 Å². The van der Waals surface area contributed by atoms with Crippen LogP contribution in [0.3, 0.4) is 0 Å². The normalized spacial score (nSPS) is 15.2. The number of hydrogen-bond donors (Lipinski definition) is 1. The van der Waals surface area contributed by atoms with E-state index in [0.29, 0.717) is 23.0 Å². The van der Waals surface area contributed by atoms with E-state index in [2.05, 4.69) is 22.5 Å². The van der Waals surface area contributed by atoms with Crippen molar-refractivity contribution in [1.82, 2.24) is 15.1 Å². The summed E-state index contributed by atoms with van der Waals surface area (Å²) in [5.41, 5.74) is 2.60. The van der Waals surface area contributed by atoms with Gasteiger partial charge in [0.05, 0.1) is 5.69 Å². The van der Waals surface area contributed by atoms with Crippen molar-refractivity contribution in [2.24, 2.45) is 7.05 Å². The van der Waals surface area contributed by atoms with Crippen LogP contribution in [-0.4, -0.2) is 34.8 Å². The molecule has 0 radical (unpaired) electrons. The van der Waals surface area contributed by atoms with Crippen LogP contribution >= 0.6 is 11.6 Å². The first-order valence-corrected chi connectivity index (χ1v) is 9.65. The second-order valence-electron chi connectivity index (χ2n) is 7.13. The lowest BCUT2D eigenvalue weighted by Gasteiger charge is -2.42. The first kappa shape index (κ1) is 20.1. The highest BCUT2D eigenvalue weighted by Gasteiger charge is 2.38. The van der Waals surface area contributed by atoms with Gasteiger partial charge in [-0.25, -0.2) is 4.79 Å². The SMILES string of the molecule is Cc1nn(C)c(Cl)c1/C=C/C(=O)OCC(=O)NCC1(c2ccccc2)CCC1. The maximum absolute atomic E-state index is 12.1. The quantitative estimate of drug-likeness (QED) is 0.571. The molecule has 0 aliphatic heterocycles. The van der Waals surface area contributed by atoms with Crippen LogP contribution in [0.2, 0.25) is 5.15 Å². The summed E-state index contributed by atoms with van der Waals surface area (Å²) >= 11 is 6.11. The summed E-state index contributed by atoms with van der Waals surface area (Å²) in [4.78, 5) is 24.0. The number of carbonyl (C=O) groups is 2. The molecule has 28 heavy (non-hydrogen) atoms. The first-order valence-electron chi connectivity index (χ1n) is 9.27. The molecule has 1 N–H and O–H groups in total. The fourth-order valence-electron chi connectivity index (χ4n) is 3.45. The van der Waals surface area contributed by atoms with Gasteiger partial charge in [0.25, 0.3) is 5.91 Å². The predicted molar refractivity (Wildman–Crippen MR) is 108 cm³/mol. The average Bonchev–Trinajstić information content (AvgIpc) is 2.90. The lowest BCUT2D eigenvalue weighted by molar-refractivity contribution is -0.143. The fourth-order valence-corrected chi connectivity index (χ4v) is 3.69. The van der Waals surface area contributed by atoms with Crippen LogP contribution in [0.15, 0.2) is 36.4 Å². The number of benzene rings is 1. The number of aryl methyl sites for hydroxylation is 2. The third kappa shape index (κ3) is 4.44. The van der Waals surface area contributed by atoms with E-state index >= 15 is 0 Å². The van der Waals surface area contributed by atoms with Gasteiger partial charge in [0.2, 0.25) is 0 Å². The van der Waals surface area contributed by atoms with Crippen LogP contribution in [0.4, 0.5) is 0 Å². The van der Waals surface area contributed by atoms with Crippen LogP contribution in [0.25, 0.3) is 6.08 Å². The highest BCUT2D eigenvalue weighted by atomic mass is 35.5. The molecular formula is C21H24ClN3O3. The van der Waals surface area contributed by atoms with Gasteiger partial charge < -0.3 is 10.1 Å². The maximum Gasteiger partial charge on any atom is 0.331 e. The minimum atomic E-state index is -0.601. The molecule has 1 aliphatic carbocycles. The first-order chi connectivity index (χ1) is 13.4. The number of aromatic nitrogens is 2. The number of halogens is 1. The molecule has 7 heteroatoms. The van der Waals surface area contributed by atoms with Crippen molar-refractivity contribution in [1.29, 1.82) is 0 Å². The summed E-state index contributed by atoms with van der Waals surface area (Å²) in [7, 11) is 1.72. The van der Waals surface area contributed by atoms with Gasteiger partial charge in [-0.3, -0.25) is 9.48 Å². The Bertz CT molecular complexity index is 886. The van der Waals surface area contributed by atoms with Gasteiger partial charge in [-0.15, -0.1) is 0 Å². The molecule has 2 aromatic rings. The van der Waals surface area contributed by atoms with Crippen molar-refractivity contribution in [3.63, 3.8) is 0 Å². The Labute approximate surface area is 169 Å². The number of hydrogen-bond acceptors (Lipinski definition) is 4. The van der Waals surface area contributed by atoms with Crippen molar-refractivity contribution in [2.45, 2.75) is 31.6 Å². The molecular weight excluding hydrogens is 378 g/mol. The molecule has 1 aromatic heterocycles. The largest absolute Gasteiger partial charge is 0.452 e. The molecule has 1 saturated carbocycles. The van der Waals surface area contributed by atoms with Crippen molar-refractivity contribution in [3.05, 3.63) is 58.4 Å². The van der Waals surface area contributed by atoms with Gasteiger partial charge in [-0.2, -0.15) is 5.10 Å². The minimum absolute atomic E-state index is 0.00455. The monoisotopic (exact) mass is 401 g/mol. The Balaban J connectivity index is 1.48. The fraction of sp³-hybridized carbons (Fsp3) is 0.381. The molecule has 0 saturated heterocycles. The molecule has 1 fully saturated rings. The van der Waals surface area contributed by atoms with Crippen molar-refractivity contribution < 1.29 is 14.3 Å². The highest BCUT2D eigenvalue weighted by Crippen LogP contribution is 2.43. The molecule has 0 atom stereocenters. The summed E-state index contributed by atoms with van der Waals surface area (Å²) in [5.74, 6) is -0.907. The second kappa shape index (κ2) is 8.61. The van der Waals surface area contributed by atoms with Crippen molar-refractivity contribution in [2.75, 3.05) is 13.2 Å². The van der Waals surface area contributed by atoms with Crippen LogP contribution < -0.4 is 5.32 Å². The molecule has 1 heterocycles. The lowest BCUT2D eigenvalue weighted by Crippen LogP contribution is -2.46. The summed E-state index contributed by atoms with van der Waals surface area (Å²) in [5, 5.41) is 7.50. The van der Waals surface area contributed by atoms with E-state index in [9.17, 15) is 9.59 Å². The molecule has 1 aromatic carbocycles. The predicted octanol–water partition coefficient (Wildman–Crippen LogP) is 3.18. The number of nitrogens with zero attached hydrogens (tertiary/aromatic N) is 2. The molecule has 0 spiro atoms. The van der Waals surface area contributed by atoms with Crippen LogP contribution in [0.1, 0.15) is 36.1 Å². The summed E-state index contributed by atoms with van der Waals surface area (Å²) in [6, 6.07) is 10.2. The third-order valence-electron chi connectivity index (χ3n) is 5.25. The Morgan fingerprint density at radius 3 is 2.61 bits per heavy atom. The van der Waals surface area contributed by atoms with E-state index in [4.69, 9.17) is 16.3 Å². The Morgan fingerprint density at radius 1 is 1.32 bits per heavy atom. The van der Waals surface area contributed by atoms with Crippen LogP contribution in [0, 0.1) is 6.92 Å². The van der Waals surface area contributed by atoms with E-state index in [1.54, 1.807) is 20.0 Å². The minimum Gasteiger partial charge on any atom is -0.452 e. The van der Waals surface area contributed by atoms with Gasteiger partial charge >= 0.3 is 5.97 Å². The van der Waals surface area contributed by atoms with Gasteiger partial charge in [-0.1, -0.05) is 48.4 Å². The van der Waals surface area contributed by atoms with Gasteiger partial charge in [-0.05, 0) is 31.4 Å².